The summed E-state index contributed by atoms with van der Waals surface area (Å²) < 4.78 is 14.6. The molecule has 0 N–H and O–H groups in total. The average Bonchev–Trinajstić information content (AvgIpc) is 3.01. The minimum Gasteiger partial charge on any atom is -0.458 e. The van der Waals surface area contributed by atoms with Crippen LogP contribution in [-0.4, -0.2) is 8.07 Å². The maximum Gasteiger partial charge on any atom is 0.257 e. The lowest BCUT2D eigenvalue weighted by Crippen LogP contribution is -2.38. The Kier molecular flexibility index (Phi) is 3.00. The molecule has 130 valence electrons. The summed E-state index contributed by atoms with van der Waals surface area (Å²) in [5.74, 6) is 1.87. The van der Waals surface area contributed by atoms with Crippen LogP contribution < -0.4 is 14.5 Å². The Morgan fingerprint density at radius 2 is 1.81 bits per heavy atom. The molecule has 4 heteroatoms. The topological polar surface area (TPSA) is 26.2 Å². The summed E-state index contributed by atoms with van der Waals surface area (Å²) in [5.41, 5.74) is 4.57. The Hall–Kier alpha value is -2.59. The fraction of sp³-hybridized carbons (Fsp3) is 0.227. The van der Waals surface area contributed by atoms with Gasteiger partial charge in [0.05, 0.1) is 25.3 Å². The normalized spacial score (nSPS) is 13.1. The van der Waals surface area contributed by atoms with E-state index in [9.17, 15) is 0 Å². The number of aromatic nitrogens is 1. The molecule has 1 aliphatic rings. The van der Waals surface area contributed by atoms with E-state index in [0.29, 0.717) is 0 Å². The average molecular weight is 361 g/mol. The van der Waals surface area contributed by atoms with Gasteiger partial charge in [0.15, 0.2) is 0 Å². The molecule has 3 nitrogen and oxygen atoms in total. The van der Waals surface area contributed by atoms with Crippen LogP contribution in [0.25, 0.3) is 33.0 Å². The zero-order valence-corrected chi connectivity index (χ0v) is 16.8. The summed E-state index contributed by atoms with van der Waals surface area (Å²) in [6.07, 6.45) is 4.03. The van der Waals surface area contributed by atoms with E-state index in [1.165, 1.54) is 27.1 Å². The third-order valence-electron chi connectivity index (χ3n) is 5.40. The van der Waals surface area contributed by atoms with E-state index in [1.54, 1.807) is 0 Å². The van der Waals surface area contributed by atoms with E-state index in [1.807, 2.05) is 6.26 Å². The second-order valence-corrected chi connectivity index (χ2v) is 13.3. The molecular formula is C22H22NO2Si+. The van der Waals surface area contributed by atoms with Crippen LogP contribution in [0.3, 0.4) is 0 Å². The van der Waals surface area contributed by atoms with E-state index in [4.69, 9.17) is 9.15 Å². The van der Waals surface area contributed by atoms with Crippen LogP contribution in [0.1, 0.15) is 5.56 Å². The van der Waals surface area contributed by atoms with Crippen molar-refractivity contribution in [2.75, 3.05) is 0 Å². The SMILES string of the molecule is Cc1ccc2cccc3c2c1-c1c(c2c([Si](C)(C)C)coc2c[n+]1C)O3. The van der Waals surface area contributed by atoms with Crippen molar-refractivity contribution in [2.45, 2.75) is 26.6 Å². The highest BCUT2D eigenvalue weighted by molar-refractivity contribution is 6.90. The second kappa shape index (κ2) is 4.98. The highest BCUT2D eigenvalue weighted by Gasteiger charge is 2.35. The number of hydrogen-bond donors (Lipinski definition) is 0. The van der Waals surface area contributed by atoms with Gasteiger partial charge in [-0.2, -0.15) is 4.57 Å². The van der Waals surface area contributed by atoms with Crippen LogP contribution in [-0.2, 0) is 7.05 Å². The molecule has 0 amide bonds. The van der Waals surface area contributed by atoms with Crippen molar-refractivity contribution in [1.82, 2.24) is 0 Å². The highest BCUT2D eigenvalue weighted by atomic mass is 28.3. The van der Waals surface area contributed by atoms with E-state index in [0.717, 1.165) is 28.2 Å². The van der Waals surface area contributed by atoms with Crippen LogP contribution in [0.15, 0.2) is 47.2 Å². The largest absolute Gasteiger partial charge is 0.458 e. The molecule has 26 heavy (non-hydrogen) atoms. The smallest absolute Gasteiger partial charge is 0.257 e. The van der Waals surface area contributed by atoms with Gasteiger partial charge in [0.1, 0.15) is 12.8 Å². The molecule has 0 aliphatic carbocycles. The van der Waals surface area contributed by atoms with Crippen LogP contribution in [0.4, 0.5) is 0 Å². The van der Waals surface area contributed by atoms with E-state index < -0.39 is 8.07 Å². The lowest BCUT2D eigenvalue weighted by Gasteiger charge is -2.22. The number of ether oxygens (including phenoxy) is 1. The van der Waals surface area contributed by atoms with Crippen molar-refractivity contribution in [3.8, 4) is 22.8 Å². The number of benzene rings is 2. The van der Waals surface area contributed by atoms with Gasteiger partial charge in [-0.05, 0) is 29.1 Å². The fourth-order valence-corrected chi connectivity index (χ4v) is 5.51. The molecule has 5 rings (SSSR count). The zero-order chi connectivity index (χ0) is 18.2. The summed E-state index contributed by atoms with van der Waals surface area (Å²) in [6.45, 7) is 9.22. The first-order valence-electron chi connectivity index (χ1n) is 9.01. The first-order valence-corrected chi connectivity index (χ1v) is 12.5. The first-order chi connectivity index (χ1) is 12.4. The van der Waals surface area contributed by atoms with E-state index >= 15 is 0 Å². The third-order valence-corrected chi connectivity index (χ3v) is 7.38. The highest BCUT2D eigenvalue weighted by Crippen LogP contribution is 2.48. The van der Waals surface area contributed by atoms with Gasteiger partial charge in [-0.15, -0.1) is 0 Å². The van der Waals surface area contributed by atoms with Gasteiger partial charge >= 0.3 is 0 Å². The first kappa shape index (κ1) is 15.6. The fourth-order valence-electron chi connectivity index (χ4n) is 4.11. The number of hydrogen-bond acceptors (Lipinski definition) is 2. The van der Waals surface area contributed by atoms with E-state index in [2.05, 4.69) is 74.7 Å². The quantitative estimate of drug-likeness (QED) is 0.309. The zero-order valence-electron chi connectivity index (χ0n) is 15.8. The number of pyridine rings is 1. The molecule has 0 saturated carbocycles. The molecule has 0 atom stereocenters. The van der Waals surface area contributed by atoms with Gasteiger partial charge in [-0.3, -0.25) is 0 Å². The summed E-state index contributed by atoms with van der Waals surface area (Å²) in [6, 6.07) is 10.7. The maximum atomic E-state index is 6.53. The summed E-state index contributed by atoms with van der Waals surface area (Å²) in [7, 11) is 0.501. The predicted molar refractivity (Wildman–Crippen MR) is 108 cm³/mol. The Morgan fingerprint density at radius 1 is 1.00 bits per heavy atom. The van der Waals surface area contributed by atoms with Gasteiger partial charge < -0.3 is 9.15 Å². The van der Waals surface area contributed by atoms with Crippen molar-refractivity contribution in [3.05, 3.63) is 48.4 Å². The maximum absolute atomic E-state index is 6.53. The molecule has 0 radical (unpaired) electrons. The summed E-state index contributed by atoms with van der Waals surface area (Å²) in [5, 5.41) is 4.87. The Bertz CT molecular complexity index is 1210. The number of rotatable bonds is 1. The number of nitrogens with zero attached hydrogens (tertiary/aromatic N) is 1. The molecule has 0 unspecified atom stereocenters. The monoisotopic (exact) mass is 360 g/mol. The number of aryl methyl sites for hydroxylation is 2. The molecule has 0 saturated heterocycles. The van der Waals surface area contributed by atoms with Crippen LogP contribution in [0.2, 0.25) is 19.6 Å². The Labute approximate surface area is 153 Å². The minimum atomic E-state index is -1.57. The molecule has 0 fully saturated rings. The number of furan rings is 1. The summed E-state index contributed by atoms with van der Waals surface area (Å²) in [4.78, 5) is 0. The van der Waals surface area contributed by atoms with Crippen molar-refractivity contribution in [3.63, 3.8) is 0 Å². The van der Waals surface area contributed by atoms with Crippen LogP contribution >= 0.6 is 0 Å². The lowest BCUT2D eigenvalue weighted by molar-refractivity contribution is -0.659. The lowest BCUT2D eigenvalue weighted by atomic mass is 9.93. The van der Waals surface area contributed by atoms with Gasteiger partial charge in [0, 0.05) is 5.39 Å². The third kappa shape index (κ3) is 1.96. The number of fused-ring (bicyclic) bond motifs is 4. The molecule has 4 aromatic rings. The van der Waals surface area contributed by atoms with Crippen molar-refractivity contribution >= 4 is 35.0 Å². The standard InChI is InChI=1S/C22H22NO2Si/c1-13-9-10-14-7-6-8-15-19(14)18(13)21-22(25-15)20-16(11-23(21)2)24-12-17(20)26(3,4)5/h6-12H,1-5H3/q+1. The molecule has 1 aliphatic heterocycles. The Balaban J connectivity index is 2.00. The minimum absolute atomic E-state index is 0.896. The molecular weight excluding hydrogens is 338 g/mol. The second-order valence-electron chi connectivity index (χ2n) is 8.27. The molecule has 2 aromatic carbocycles. The van der Waals surface area contributed by atoms with Crippen molar-refractivity contribution < 1.29 is 13.7 Å². The van der Waals surface area contributed by atoms with Crippen molar-refractivity contribution in [2.24, 2.45) is 7.05 Å². The molecule has 0 spiro atoms. The Morgan fingerprint density at radius 3 is 2.58 bits per heavy atom. The van der Waals surface area contributed by atoms with E-state index in [-0.39, 0.29) is 0 Å². The predicted octanol–water partition coefficient (Wildman–Crippen LogP) is 5.04. The van der Waals surface area contributed by atoms with Gasteiger partial charge in [-0.25, -0.2) is 0 Å². The summed E-state index contributed by atoms with van der Waals surface area (Å²) >= 11 is 0. The van der Waals surface area contributed by atoms with Crippen LogP contribution in [0.5, 0.6) is 11.5 Å². The van der Waals surface area contributed by atoms with Gasteiger partial charge in [0.2, 0.25) is 17.5 Å². The van der Waals surface area contributed by atoms with Gasteiger partial charge in [-0.1, -0.05) is 43.9 Å². The molecule has 2 aromatic heterocycles. The van der Waals surface area contributed by atoms with Crippen molar-refractivity contribution in [1.29, 1.82) is 0 Å². The molecule has 0 bridgehead atoms. The van der Waals surface area contributed by atoms with Gasteiger partial charge in [0.25, 0.3) is 5.69 Å². The molecule has 3 heterocycles. The van der Waals surface area contributed by atoms with Crippen LogP contribution in [0, 0.1) is 6.92 Å².